The molecule has 1 saturated heterocycles. The number of hydrogen-bond donors (Lipinski definition) is 1. The zero-order chi connectivity index (χ0) is 12.6. The molecular formula is C14H24N4. The zero-order valence-electron chi connectivity index (χ0n) is 11.1. The number of nitrogens with two attached hydrogens (primary N) is 1. The van der Waals surface area contributed by atoms with Crippen LogP contribution in [0.4, 0.5) is 0 Å². The van der Waals surface area contributed by atoms with Crippen molar-refractivity contribution in [2.75, 3.05) is 45.8 Å². The number of aromatic nitrogens is 1. The lowest BCUT2D eigenvalue weighted by atomic mass is 10.1. The van der Waals surface area contributed by atoms with Crippen molar-refractivity contribution >= 4 is 0 Å². The molecule has 4 heteroatoms. The highest BCUT2D eigenvalue weighted by atomic mass is 15.3. The highest BCUT2D eigenvalue weighted by Crippen LogP contribution is 2.05. The quantitative estimate of drug-likeness (QED) is 0.800. The molecule has 1 aliphatic heterocycles. The fraction of sp³-hybridized carbons (Fsp3) is 0.643. The first kappa shape index (κ1) is 13.5. The Bertz CT molecular complexity index is 320. The van der Waals surface area contributed by atoms with Gasteiger partial charge in [-0.1, -0.05) is 6.07 Å². The van der Waals surface area contributed by atoms with E-state index >= 15 is 0 Å². The highest BCUT2D eigenvalue weighted by molar-refractivity contribution is 5.08. The molecule has 1 aromatic rings. The van der Waals surface area contributed by atoms with Gasteiger partial charge in [-0.2, -0.15) is 0 Å². The van der Waals surface area contributed by atoms with Crippen LogP contribution in [0, 0.1) is 0 Å². The fourth-order valence-electron chi connectivity index (χ4n) is 2.47. The average Bonchev–Trinajstić information content (AvgIpc) is 2.42. The molecule has 0 aliphatic carbocycles. The molecule has 0 bridgehead atoms. The molecule has 18 heavy (non-hydrogen) atoms. The Morgan fingerprint density at radius 3 is 2.44 bits per heavy atom. The lowest BCUT2D eigenvalue weighted by Gasteiger charge is -2.34. The maximum Gasteiger partial charge on any atom is 0.0299 e. The number of pyridine rings is 1. The van der Waals surface area contributed by atoms with Gasteiger partial charge in [-0.3, -0.25) is 9.88 Å². The second-order valence-corrected chi connectivity index (χ2v) is 4.94. The lowest BCUT2D eigenvalue weighted by Crippen LogP contribution is -2.47. The van der Waals surface area contributed by atoms with Crippen LogP contribution < -0.4 is 5.73 Å². The second kappa shape index (κ2) is 7.46. The molecule has 100 valence electrons. The van der Waals surface area contributed by atoms with E-state index in [9.17, 15) is 0 Å². The third kappa shape index (κ3) is 4.37. The molecular weight excluding hydrogens is 224 g/mol. The van der Waals surface area contributed by atoms with Crippen molar-refractivity contribution < 1.29 is 0 Å². The van der Waals surface area contributed by atoms with Gasteiger partial charge in [0.2, 0.25) is 0 Å². The van der Waals surface area contributed by atoms with Crippen LogP contribution in [0.2, 0.25) is 0 Å². The van der Waals surface area contributed by atoms with Gasteiger partial charge in [0.05, 0.1) is 0 Å². The van der Waals surface area contributed by atoms with E-state index < -0.39 is 0 Å². The summed E-state index contributed by atoms with van der Waals surface area (Å²) >= 11 is 0. The van der Waals surface area contributed by atoms with E-state index in [2.05, 4.69) is 20.9 Å². The Morgan fingerprint density at radius 1 is 1.11 bits per heavy atom. The van der Waals surface area contributed by atoms with Crippen LogP contribution in [0.1, 0.15) is 12.0 Å². The van der Waals surface area contributed by atoms with Gasteiger partial charge in [-0.15, -0.1) is 0 Å². The minimum Gasteiger partial charge on any atom is -0.329 e. The van der Waals surface area contributed by atoms with Crippen LogP contribution in [-0.4, -0.2) is 60.6 Å². The van der Waals surface area contributed by atoms with Crippen molar-refractivity contribution in [3.63, 3.8) is 0 Å². The van der Waals surface area contributed by atoms with Crippen LogP contribution in [0.25, 0.3) is 0 Å². The number of piperazine rings is 1. The lowest BCUT2D eigenvalue weighted by molar-refractivity contribution is 0.134. The highest BCUT2D eigenvalue weighted by Gasteiger charge is 2.15. The Morgan fingerprint density at radius 2 is 1.83 bits per heavy atom. The average molecular weight is 248 g/mol. The zero-order valence-corrected chi connectivity index (χ0v) is 11.1. The Kier molecular flexibility index (Phi) is 5.58. The summed E-state index contributed by atoms with van der Waals surface area (Å²) in [5.74, 6) is 0. The van der Waals surface area contributed by atoms with Crippen molar-refractivity contribution in [2.45, 2.75) is 12.8 Å². The van der Waals surface area contributed by atoms with E-state index in [1.165, 1.54) is 44.7 Å². The summed E-state index contributed by atoms with van der Waals surface area (Å²) in [6.07, 6.45) is 6.17. The molecule has 2 heterocycles. The maximum absolute atomic E-state index is 5.58. The number of hydrogen-bond acceptors (Lipinski definition) is 4. The van der Waals surface area contributed by atoms with Gasteiger partial charge in [0, 0.05) is 51.7 Å². The molecule has 2 N–H and O–H groups in total. The first-order chi connectivity index (χ1) is 8.88. The first-order valence-electron chi connectivity index (χ1n) is 6.92. The molecule has 0 spiro atoms. The van der Waals surface area contributed by atoms with Crippen LogP contribution >= 0.6 is 0 Å². The van der Waals surface area contributed by atoms with Crippen LogP contribution in [0.3, 0.4) is 0 Å². The third-order valence-electron chi connectivity index (χ3n) is 3.57. The van der Waals surface area contributed by atoms with Crippen LogP contribution in [0.5, 0.6) is 0 Å². The maximum atomic E-state index is 5.58. The van der Waals surface area contributed by atoms with E-state index in [0.29, 0.717) is 0 Å². The van der Waals surface area contributed by atoms with Gasteiger partial charge >= 0.3 is 0 Å². The Hall–Kier alpha value is -0.970. The van der Waals surface area contributed by atoms with Crippen molar-refractivity contribution in [3.8, 4) is 0 Å². The van der Waals surface area contributed by atoms with Crippen LogP contribution in [-0.2, 0) is 6.42 Å². The number of aryl methyl sites for hydroxylation is 1. The van der Waals surface area contributed by atoms with E-state index in [-0.39, 0.29) is 0 Å². The van der Waals surface area contributed by atoms with E-state index in [4.69, 9.17) is 5.73 Å². The summed E-state index contributed by atoms with van der Waals surface area (Å²) in [5.41, 5.74) is 6.92. The smallest absolute Gasteiger partial charge is 0.0299 e. The summed E-state index contributed by atoms with van der Waals surface area (Å²) in [7, 11) is 0. The van der Waals surface area contributed by atoms with Crippen molar-refractivity contribution in [2.24, 2.45) is 5.73 Å². The van der Waals surface area contributed by atoms with Crippen LogP contribution in [0.15, 0.2) is 24.5 Å². The minimum absolute atomic E-state index is 0.779. The monoisotopic (exact) mass is 248 g/mol. The summed E-state index contributed by atoms with van der Waals surface area (Å²) in [6, 6.07) is 4.17. The summed E-state index contributed by atoms with van der Waals surface area (Å²) in [6.45, 7) is 7.74. The van der Waals surface area contributed by atoms with E-state index in [0.717, 1.165) is 19.5 Å². The molecule has 0 radical (unpaired) electrons. The SMILES string of the molecule is NCCN1CCN(CCCc2cccnc2)CC1. The molecule has 1 fully saturated rings. The number of nitrogens with zero attached hydrogens (tertiary/aromatic N) is 3. The van der Waals surface area contributed by atoms with E-state index in [1.54, 1.807) is 0 Å². The first-order valence-corrected chi connectivity index (χ1v) is 6.92. The Labute approximate surface area is 110 Å². The van der Waals surface area contributed by atoms with Crippen molar-refractivity contribution in [1.82, 2.24) is 14.8 Å². The molecule has 0 atom stereocenters. The fourth-order valence-corrected chi connectivity index (χ4v) is 2.47. The number of rotatable bonds is 6. The van der Waals surface area contributed by atoms with Gasteiger partial charge in [-0.05, 0) is 31.0 Å². The molecule has 0 aromatic carbocycles. The summed E-state index contributed by atoms with van der Waals surface area (Å²) < 4.78 is 0. The van der Waals surface area contributed by atoms with Gasteiger partial charge in [0.1, 0.15) is 0 Å². The molecule has 0 saturated carbocycles. The van der Waals surface area contributed by atoms with Gasteiger partial charge < -0.3 is 10.6 Å². The Balaban J connectivity index is 1.61. The normalized spacial score (nSPS) is 18.1. The molecule has 0 amide bonds. The summed E-state index contributed by atoms with van der Waals surface area (Å²) in [4.78, 5) is 9.16. The largest absolute Gasteiger partial charge is 0.329 e. The van der Waals surface area contributed by atoms with Crippen molar-refractivity contribution in [1.29, 1.82) is 0 Å². The van der Waals surface area contributed by atoms with Gasteiger partial charge in [-0.25, -0.2) is 0 Å². The molecule has 1 aromatic heterocycles. The molecule has 2 rings (SSSR count). The molecule has 1 aliphatic rings. The predicted octanol–water partition coefficient (Wildman–Crippen LogP) is 0.591. The standard InChI is InChI=1S/C14H24N4/c15-5-8-18-11-9-17(10-12-18)7-2-4-14-3-1-6-16-13-14/h1,3,6,13H,2,4-5,7-12,15H2. The van der Waals surface area contributed by atoms with Gasteiger partial charge in [0.15, 0.2) is 0 Å². The minimum atomic E-state index is 0.779. The summed E-state index contributed by atoms with van der Waals surface area (Å²) in [5, 5.41) is 0. The predicted molar refractivity (Wildman–Crippen MR) is 74.5 cm³/mol. The van der Waals surface area contributed by atoms with E-state index in [1.807, 2.05) is 18.5 Å². The second-order valence-electron chi connectivity index (χ2n) is 4.94. The third-order valence-corrected chi connectivity index (χ3v) is 3.57. The molecule has 4 nitrogen and oxygen atoms in total. The van der Waals surface area contributed by atoms with Crippen molar-refractivity contribution in [3.05, 3.63) is 30.1 Å². The van der Waals surface area contributed by atoms with Gasteiger partial charge in [0.25, 0.3) is 0 Å². The topological polar surface area (TPSA) is 45.4 Å². The molecule has 0 unspecified atom stereocenters.